The summed E-state index contributed by atoms with van der Waals surface area (Å²) in [7, 11) is 2.88. The monoisotopic (exact) mass is 298 g/mol. The van der Waals surface area contributed by atoms with E-state index in [1.165, 1.54) is 50.6 Å². The summed E-state index contributed by atoms with van der Waals surface area (Å²) in [5, 5.41) is -0.740. The Morgan fingerprint density at radius 3 is 2.05 bits per heavy atom. The third-order valence-electron chi connectivity index (χ3n) is 2.94. The molecule has 1 unspecified atom stereocenters. The second-order valence-corrected chi connectivity index (χ2v) is 4.58. The smallest absolute Gasteiger partial charge is 0.163 e. The van der Waals surface area contributed by atoms with Gasteiger partial charge in [-0.2, -0.15) is 0 Å². The summed E-state index contributed by atoms with van der Waals surface area (Å²) in [5.74, 6) is -0.203. The van der Waals surface area contributed by atoms with Gasteiger partial charge in [-0.05, 0) is 23.8 Å². The van der Waals surface area contributed by atoms with E-state index < -0.39 is 11.2 Å². The highest BCUT2D eigenvalue weighted by molar-refractivity contribution is 6.22. The molecule has 0 spiro atoms. The number of ether oxygens (including phenoxy) is 2. The van der Waals surface area contributed by atoms with Crippen LogP contribution in [-0.2, 0) is 0 Å². The summed E-state index contributed by atoms with van der Waals surface area (Å²) < 4.78 is 37.1. The van der Waals surface area contributed by atoms with Crippen molar-refractivity contribution in [3.63, 3.8) is 0 Å². The molecular formula is C15H13ClF2O2. The Labute approximate surface area is 120 Å². The zero-order valence-corrected chi connectivity index (χ0v) is 11.7. The van der Waals surface area contributed by atoms with Crippen LogP contribution in [0, 0.1) is 11.6 Å². The molecule has 0 aliphatic carbocycles. The minimum Gasteiger partial charge on any atom is -0.493 e. The average Bonchev–Trinajstić information content (AvgIpc) is 2.47. The van der Waals surface area contributed by atoms with Gasteiger partial charge in [-0.3, -0.25) is 0 Å². The number of benzene rings is 2. The van der Waals surface area contributed by atoms with E-state index in [-0.39, 0.29) is 17.1 Å². The second kappa shape index (κ2) is 6.09. The Morgan fingerprint density at radius 2 is 1.50 bits per heavy atom. The molecule has 2 aromatic rings. The Balaban J connectivity index is 2.43. The minimum atomic E-state index is -0.740. The molecule has 1 atom stereocenters. The third-order valence-corrected chi connectivity index (χ3v) is 3.43. The molecule has 0 bridgehead atoms. The topological polar surface area (TPSA) is 18.5 Å². The number of hydrogen-bond donors (Lipinski definition) is 0. The lowest BCUT2D eigenvalue weighted by atomic mass is 10.0. The summed E-state index contributed by atoms with van der Waals surface area (Å²) in [6.07, 6.45) is 0. The minimum absolute atomic E-state index is 0.246. The van der Waals surface area contributed by atoms with Crippen LogP contribution in [0.4, 0.5) is 8.78 Å². The molecule has 20 heavy (non-hydrogen) atoms. The number of halogens is 3. The lowest BCUT2D eigenvalue weighted by Gasteiger charge is -2.15. The summed E-state index contributed by atoms with van der Waals surface area (Å²) in [6, 6.07) is 8.29. The highest BCUT2D eigenvalue weighted by Crippen LogP contribution is 2.37. The van der Waals surface area contributed by atoms with Gasteiger partial charge >= 0.3 is 0 Å². The molecule has 106 valence electrons. The van der Waals surface area contributed by atoms with Crippen LogP contribution in [-0.4, -0.2) is 14.2 Å². The normalized spacial score (nSPS) is 12.1. The van der Waals surface area contributed by atoms with E-state index >= 15 is 0 Å². The van der Waals surface area contributed by atoms with Gasteiger partial charge in [-0.15, -0.1) is 11.6 Å². The molecule has 0 aliphatic heterocycles. The summed E-state index contributed by atoms with van der Waals surface area (Å²) in [6.45, 7) is 0. The Bertz CT molecular complexity index is 600. The second-order valence-electron chi connectivity index (χ2n) is 4.14. The summed E-state index contributed by atoms with van der Waals surface area (Å²) in [5.41, 5.74) is 0.843. The average molecular weight is 299 g/mol. The van der Waals surface area contributed by atoms with Gasteiger partial charge in [0.15, 0.2) is 11.5 Å². The lowest BCUT2D eigenvalue weighted by Crippen LogP contribution is -2.00. The predicted molar refractivity (Wildman–Crippen MR) is 73.6 cm³/mol. The van der Waals surface area contributed by atoms with Crippen LogP contribution in [0.5, 0.6) is 11.5 Å². The van der Waals surface area contributed by atoms with Crippen LogP contribution in [0.2, 0.25) is 0 Å². The number of methoxy groups -OCH3 is 2. The standard InChI is InChI=1S/C15H13ClF2O2/c1-19-13-7-11(12(18)8-14(13)20-2)15(16)9-3-5-10(17)6-4-9/h3-8,15H,1-2H3. The quantitative estimate of drug-likeness (QED) is 0.783. The van der Waals surface area contributed by atoms with Crippen molar-refractivity contribution < 1.29 is 18.3 Å². The van der Waals surface area contributed by atoms with Crippen molar-refractivity contribution in [3.8, 4) is 11.5 Å². The fourth-order valence-electron chi connectivity index (χ4n) is 1.88. The molecule has 0 amide bonds. The fourth-order valence-corrected chi connectivity index (χ4v) is 2.19. The molecule has 0 fully saturated rings. The van der Waals surface area contributed by atoms with Gasteiger partial charge in [-0.1, -0.05) is 12.1 Å². The fraction of sp³-hybridized carbons (Fsp3) is 0.200. The van der Waals surface area contributed by atoms with Crippen molar-refractivity contribution in [2.24, 2.45) is 0 Å². The highest BCUT2D eigenvalue weighted by Gasteiger charge is 2.19. The Morgan fingerprint density at radius 1 is 0.950 bits per heavy atom. The van der Waals surface area contributed by atoms with Crippen LogP contribution in [0.25, 0.3) is 0 Å². The van der Waals surface area contributed by atoms with E-state index in [2.05, 4.69) is 0 Å². The van der Waals surface area contributed by atoms with Gasteiger partial charge in [0.2, 0.25) is 0 Å². The van der Waals surface area contributed by atoms with Gasteiger partial charge in [0, 0.05) is 11.6 Å². The first-order chi connectivity index (χ1) is 9.56. The van der Waals surface area contributed by atoms with Crippen LogP contribution in [0.3, 0.4) is 0 Å². The molecule has 0 radical (unpaired) electrons. The van der Waals surface area contributed by atoms with E-state index in [1.54, 1.807) is 0 Å². The maximum atomic E-state index is 14.1. The maximum Gasteiger partial charge on any atom is 0.163 e. The van der Waals surface area contributed by atoms with Crippen molar-refractivity contribution >= 4 is 11.6 Å². The third kappa shape index (κ3) is 2.85. The zero-order chi connectivity index (χ0) is 14.7. The van der Waals surface area contributed by atoms with Crippen LogP contribution in [0.1, 0.15) is 16.5 Å². The molecule has 5 heteroatoms. The van der Waals surface area contributed by atoms with Gasteiger partial charge in [-0.25, -0.2) is 8.78 Å². The summed E-state index contributed by atoms with van der Waals surface area (Å²) in [4.78, 5) is 0. The summed E-state index contributed by atoms with van der Waals surface area (Å²) >= 11 is 6.25. The first-order valence-corrected chi connectivity index (χ1v) is 6.31. The molecule has 0 saturated carbocycles. The maximum absolute atomic E-state index is 14.1. The molecular weight excluding hydrogens is 286 g/mol. The molecule has 2 rings (SSSR count). The van der Waals surface area contributed by atoms with Crippen molar-refractivity contribution in [2.75, 3.05) is 14.2 Å². The van der Waals surface area contributed by atoms with E-state index in [0.717, 1.165) is 0 Å². The first-order valence-electron chi connectivity index (χ1n) is 5.87. The first kappa shape index (κ1) is 14.6. The zero-order valence-electron chi connectivity index (χ0n) is 11.0. The molecule has 2 nitrogen and oxygen atoms in total. The van der Waals surface area contributed by atoms with Gasteiger partial charge < -0.3 is 9.47 Å². The van der Waals surface area contributed by atoms with Crippen molar-refractivity contribution in [1.82, 2.24) is 0 Å². The van der Waals surface area contributed by atoms with Crippen molar-refractivity contribution in [2.45, 2.75) is 5.38 Å². The number of hydrogen-bond acceptors (Lipinski definition) is 2. The molecule has 0 aliphatic rings. The van der Waals surface area contributed by atoms with E-state index in [0.29, 0.717) is 11.3 Å². The molecule has 2 aromatic carbocycles. The molecule has 0 N–H and O–H groups in total. The van der Waals surface area contributed by atoms with E-state index in [4.69, 9.17) is 21.1 Å². The Kier molecular flexibility index (Phi) is 4.45. The van der Waals surface area contributed by atoms with Crippen molar-refractivity contribution in [3.05, 3.63) is 59.2 Å². The molecule has 0 saturated heterocycles. The van der Waals surface area contributed by atoms with Gasteiger partial charge in [0.05, 0.1) is 19.6 Å². The van der Waals surface area contributed by atoms with E-state index in [9.17, 15) is 8.78 Å². The number of alkyl halides is 1. The van der Waals surface area contributed by atoms with Gasteiger partial charge in [0.1, 0.15) is 11.6 Å². The molecule has 0 heterocycles. The van der Waals surface area contributed by atoms with Gasteiger partial charge in [0.25, 0.3) is 0 Å². The van der Waals surface area contributed by atoms with Crippen LogP contribution in [0.15, 0.2) is 36.4 Å². The van der Waals surface area contributed by atoms with Crippen LogP contribution >= 0.6 is 11.6 Å². The predicted octanol–water partition coefficient (Wildman–Crippen LogP) is 4.31. The van der Waals surface area contributed by atoms with Crippen LogP contribution < -0.4 is 9.47 Å². The largest absolute Gasteiger partial charge is 0.493 e. The lowest BCUT2D eigenvalue weighted by molar-refractivity contribution is 0.351. The van der Waals surface area contributed by atoms with Crippen molar-refractivity contribution in [1.29, 1.82) is 0 Å². The Hall–Kier alpha value is -1.81. The van der Waals surface area contributed by atoms with E-state index in [1.807, 2.05) is 0 Å². The highest BCUT2D eigenvalue weighted by atomic mass is 35.5. The molecule has 0 aromatic heterocycles. The number of rotatable bonds is 4. The SMILES string of the molecule is COc1cc(F)c(C(Cl)c2ccc(F)cc2)cc1OC.